The highest BCUT2D eigenvalue weighted by molar-refractivity contribution is 6.30. The van der Waals surface area contributed by atoms with E-state index in [1.165, 1.54) is 9.80 Å². The Hall–Kier alpha value is -3.13. The number of nitrogens with one attached hydrogen (secondary N) is 2. The van der Waals surface area contributed by atoms with Gasteiger partial charge in [-0.3, -0.25) is 14.6 Å². The number of hydrogen-bond donors (Lipinski definition) is 2. The van der Waals surface area contributed by atoms with Gasteiger partial charge in [-0.2, -0.15) is 0 Å². The molecular formula is C19H20ClN5O3. The van der Waals surface area contributed by atoms with Crippen molar-refractivity contribution in [2.75, 3.05) is 31.5 Å². The second-order valence-corrected chi connectivity index (χ2v) is 6.75. The van der Waals surface area contributed by atoms with Gasteiger partial charge in [0.05, 0.1) is 6.54 Å². The summed E-state index contributed by atoms with van der Waals surface area (Å²) >= 11 is 5.82. The highest BCUT2D eigenvalue weighted by Gasteiger charge is 2.28. The summed E-state index contributed by atoms with van der Waals surface area (Å²) < 4.78 is 0. The number of nitrogens with zero attached hydrogens (tertiary/aromatic N) is 3. The number of benzene rings is 1. The Morgan fingerprint density at radius 2 is 1.93 bits per heavy atom. The van der Waals surface area contributed by atoms with Crippen molar-refractivity contribution in [2.24, 2.45) is 0 Å². The molecule has 9 heteroatoms. The van der Waals surface area contributed by atoms with Crippen LogP contribution in [0.5, 0.6) is 0 Å². The van der Waals surface area contributed by atoms with Crippen molar-refractivity contribution in [3.8, 4) is 0 Å². The minimum atomic E-state index is -0.364. The van der Waals surface area contributed by atoms with Gasteiger partial charge in [-0.15, -0.1) is 0 Å². The fourth-order valence-electron chi connectivity index (χ4n) is 2.72. The standard InChI is InChI=1S/C19H20ClN5O3/c20-15-3-5-16(6-4-15)23-19(28)25-9-8-24(18(27)13-25)12-17(26)22-11-14-2-1-7-21-10-14/h1-7,10H,8-9,11-13H2,(H,22,26)(H,23,28). The first kappa shape index (κ1) is 19.6. The van der Waals surface area contributed by atoms with Gasteiger partial charge in [-0.05, 0) is 35.9 Å². The van der Waals surface area contributed by atoms with Gasteiger partial charge in [0.2, 0.25) is 11.8 Å². The molecule has 28 heavy (non-hydrogen) atoms. The van der Waals surface area contributed by atoms with Crippen LogP contribution < -0.4 is 10.6 Å². The molecule has 0 saturated carbocycles. The summed E-state index contributed by atoms with van der Waals surface area (Å²) in [5, 5.41) is 6.06. The topological polar surface area (TPSA) is 94.6 Å². The zero-order valence-corrected chi connectivity index (χ0v) is 15.9. The normalized spacial score (nSPS) is 14.0. The molecule has 1 aromatic heterocycles. The lowest BCUT2D eigenvalue weighted by Crippen LogP contribution is -2.55. The summed E-state index contributed by atoms with van der Waals surface area (Å²) in [5.41, 5.74) is 1.48. The van der Waals surface area contributed by atoms with E-state index in [2.05, 4.69) is 15.6 Å². The molecule has 1 fully saturated rings. The summed E-state index contributed by atoms with van der Waals surface area (Å²) in [4.78, 5) is 43.6. The Balaban J connectivity index is 1.45. The maximum absolute atomic E-state index is 12.3. The van der Waals surface area contributed by atoms with E-state index in [0.29, 0.717) is 30.3 Å². The van der Waals surface area contributed by atoms with Gasteiger partial charge in [0, 0.05) is 42.7 Å². The second-order valence-electron chi connectivity index (χ2n) is 6.31. The molecule has 2 heterocycles. The largest absolute Gasteiger partial charge is 0.350 e. The van der Waals surface area contributed by atoms with Crippen LogP contribution in [0.15, 0.2) is 48.8 Å². The van der Waals surface area contributed by atoms with Crippen LogP contribution in [0, 0.1) is 0 Å². The average molecular weight is 402 g/mol. The number of carbonyl (C=O) groups excluding carboxylic acids is 3. The van der Waals surface area contributed by atoms with Gasteiger partial charge >= 0.3 is 6.03 Å². The molecule has 0 radical (unpaired) electrons. The highest BCUT2D eigenvalue weighted by Crippen LogP contribution is 2.14. The molecular weight excluding hydrogens is 382 g/mol. The predicted molar refractivity (Wildman–Crippen MR) is 105 cm³/mol. The van der Waals surface area contributed by atoms with Crippen LogP contribution in [-0.4, -0.2) is 58.8 Å². The van der Waals surface area contributed by atoms with Crippen LogP contribution in [0.3, 0.4) is 0 Å². The summed E-state index contributed by atoms with van der Waals surface area (Å²) in [6.07, 6.45) is 3.33. The zero-order chi connectivity index (χ0) is 19.9. The van der Waals surface area contributed by atoms with Gasteiger partial charge in [-0.1, -0.05) is 17.7 Å². The van der Waals surface area contributed by atoms with Gasteiger partial charge in [0.1, 0.15) is 6.54 Å². The van der Waals surface area contributed by atoms with E-state index in [4.69, 9.17) is 11.6 Å². The number of halogens is 1. The molecule has 8 nitrogen and oxygen atoms in total. The van der Waals surface area contributed by atoms with E-state index in [-0.39, 0.29) is 30.9 Å². The highest BCUT2D eigenvalue weighted by atomic mass is 35.5. The van der Waals surface area contributed by atoms with E-state index in [9.17, 15) is 14.4 Å². The number of carbonyl (C=O) groups is 3. The molecule has 2 N–H and O–H groups in total. The Morgan fingerprint density at radius 3 is 2.61 bits per heavy atom. The summed E-state index contributed by atoms with van der Waals surface area (Å²) in [7, 11) is 0. The third-order valence-corrected chi connectivity index (χ3v) is 4.50. The first-order valence-corrected chi connectivity index (χ1v) is 9.14. The smallest absolute Gasteiger partial charge is 0.322 e. The van der Waals surface area contributed by atoms with Crippen LogP contribution in [0.2, 0.25) is 5.02 Å². The van der Waals surface area contributed by atoms with Crippen molar-refractivity contribution in [1.82, 2.24) is 20.1 Å². The van der Waals surface area contributed by atoms with Crippen LogP contribution in [0.4, 0.5) is 10.5 Å². The van der Waals surface area contributed by atoms with Crippen LogP contribution in [0.25, 0.3) is 0 Å². The molecule has 1 aliphatic rings. The molecule has 3 rings (SSSR count). The molecule has 0 aliphatic carbocycles. The van der Waals surface area contributed by atoms with Gasteiger partial charge in [0.25, 0.3) is 0 Å². The third kappa shape index (κ3) is 5.43. The van der Waals surface area contributed by atoms with E-state index >= 15 is 0 Å². The molecule has 146 valence electrons. The van der Waals surface area contributed by atoms with Crippen LogP contribution in [0.1, 0.15) is 5.56 Å². The van der Waals surface area contributed by atoms with Crippen molar-refractivity contribution in [1.29, 1.82) is 0 Å². The van der Waals surface area contributed by atoms with Crippen LogP contribution >= 0.6 is 11.6 Å². The lowest BCUT2D eigenvalue weighted by atomic mass is 10.2. The summed E-state index contributed by atoms with van der Waals surface area (Å²) in [6.45, 7) is 0.888. The van der Waals surface area contributed by atoms with Gasteiger partial charge in [-0.25, -0.2) is 4.79 Å². The monoisotopic (exact) mass is 401 g/mol. The first-order valence-electron chi connectivity index (χ1n) is 8.76. The number of piperazine rings is 1. The molecule has 4 amide bonds. The number of urea groups is 1. The van der Waals surface area contributed by atoms with Gasteiger partial charge in [0.15, 0.2) is 0 Å². The van der Waals surface area contributed by atoms with E-state index < -0.39 is 0 Å². The fraction of sp³-hybridized carbons (Fsp3) is 0.263. The number of pyridine rings is 1. The number of aromatic nitrogens is 1. The molecule has 1 aromatic carbocycles. The maximum Gasteiger partial charge on any atom is 0.322 e. The Morgan fingerprint density at radius 1 is 1.14 bits per heavy atom. The van der Waals surface area contributed by atoms with E-state index in [1.807, 2.05) is 6.07 Å². The van der Waals surface area contributed by atoms with Crippen LogP contribution in [-0.2, 0) is 16.1 Å². The van der Waals surface area contributed by atoms with E-state index in [1.54, 1.807) is 42.7 Å². The average Bonchev–Trinajstić information content (AvgIpc) is 2.70. The molecule has 2 aromatic rings. The van der Waals surface area contributed by atoms with E-state index in [0.717, 1.165) is 5.56 Å². The first-order chi connectivity index (χ1) is 13.5. The molecule has 1 saturated heterocycles. The minimum absolute atomic E-state index is 0.0360. The third-order valence-electron chi connectivity index (χ3n) is 4.25. The molecule has 0 unspecified atom stereocenters. The van der Waals surface area contributed by atoms with Crippen molar-refractivity contribution >= 4 is 35.1 Å². The lowest BCUT2D eigenvalue weighted by Gasteiger charge is -2.33. The molecule has 0 atom stereocenters. The predicted octanol–water partition coefficient (Wildman–Crippen LogP) is 1.73. The number of amides is 4. The fourth-order valence-corrected chi connectivity index (χ4v) is 2.84. The number of anilines is 1. The zero-order valence-electron chi connectivity index (χ0n) is 15.1. The molecule has 1 aliphatic heterocycles. The number of hydrogen-bond acceptors (Lipinski definition) is 4. The number of rotatable bonds is 5. The van der Waals surface area contributed by atoms with Crippen molar-refractivity contribution in [3.63, 3.8) is 0 Å². The lowest BCUT2D eigenvalue weighted by molar-refractivity contribution is -0.139. The summed E-state index contributed by atoms with van der Waals surface area (Å²) in [5.74, 6) is -0.523. The summed E-state index contributed by atoms with van der Waals surface area (Å²) in [6, 6.07) is 10.00. The van der Waals surface area contributed by atoms with Gasteiger partial charge < -0.3 is 20.4 Å². The van der Waals surface area contributed by atoms with Crippen molar-refractivity contribution < 1.29 is 14.4 Å². The van der Waals surface area contributed by atoms with Crippen molar-refractivity contribution in [3.05, 3.63) is 59.4 Å². The second kappa shape index (κ2) is 9.18. The molecule has 0 spiro atoms. The van der Waals surface area contributed by atoms with Crippen molar-refractivity contribution in [2.45, 2.75) is 6.54 Å². The Labute approximate surface area is 167 Å². The SMILES string of the molecule is O=C(CN1CCN(C(=O)Nc2ccc(Cl)cc2)CC1=O)NCc1cccnc1. The Kier molecular flexibility index (Phi) is 6.44. The minimum Gasteiger partial charge on any atom is -0.350 e. The Bertz CT molecular complexity index is 844. The maximum atomic E-state index is 12.3. The quantitative estimate of drug-likeness (QED) is 0.797. The molecule has 0 bridgehead atoms.